The number of ether oxygens (including phenoxy) is 1. The van der Waals surface area contributed by atoms with E-state index in [9.17, 15) is 4.79 Å². The number of amides is 2. The number of hydrogen-bond acceptors (Lipinski definition) is 4. The average molecular weight is 343 g/mol. The molecule has 0 atom stereocenters. The Balaban J connectivity index is 1.47. The summed E-state index contributed by atoms with van der Waals surface area (Å²) in [5, 5.41) is 7.27. The normalized spacial score (nSPS) is 15.4. The summed E-state index contributed by atoms with van der Waals surface area (Å²) >= 11 is 0. The predicted octanol–water partition coefficient (Wildman–Crippen LogP) is 2.61. The van der Waals surface area contributed by atoms with Crippen molar-refractivity contribution in [1.82, 2.24) is 25.0 Å². The lowest BCUT2D eigenvalue weighted by molar-refractivity contribution is 0.168. The van der Waals surface area contributed by atoms with Crippen LogP contribution in [0.5, 0.6) is 5.88 Å². The number of nitrogens with zero attached hydrogens (tertiary/aromatic N) is 4. The van der Waals surface area contributed by atoms with Gasteiger partial charge in [0.15, 0.2) is 0 Å². The van der Waals surface area contributed by atoms with Crippen LogP contribution in [-0.2, 0) is 6.54 Å². The molecule has 2 amide bonds. The van der Waals surface area contributed by atoms with Crippen molar-refractivity contribution < 1.29 is 9.53 Å². The van der Waals surface area contributed by atoms with Gasteiger partial charge in [-0.15, -0.1) is 0 Å². The van der Waals surface area contributed by atoms with Gasteiger partial charge in [-0.1, -0.05) is 0 Å². The van der Waals surface area contributed by atoms with E-state index in [1.165, 1.54) is 0 Å². The van der Waals surface area contributed by atoms with Crippen molar-refractivity contribution in [2.45, 2.75) is 45.4 Å². The lowest BCUT2D eigenvalue weighted by atomic mass is 10.1. The predicted molar refractivity (Wildman–Crippen MR) is 94.3 cm³/mol. The second kappa shape index (κ2) is 8.00. The van der Waals surface area contributed by atoms with Crippen molar-refractivity contribution >= 4 is 6.03 Å². The number of likely N-dealkylation sites (tertiary alicyclic amines) is 1. The van der Waals surface area contributed by atoms with E-state index in [-0.39, 0.29) is 12.1 Å². The fourth-order valence-electron chi connectivity index (χ4n) is 2.99. The molecule has 0 bridgehead atoms. The maximum atomic E-state index is 12.4. The summed E-state index contributed by atoms with van der Waals surface area (Å²) in [5.41, 5.74) is 0.977. The fraction of sp³-hybridized carbons (Fsp3) is 0.500. The van der Waals surface area contributed by atoms with Gasteiger partial charge in [-0.25, -0.2) is 9.78 Å². The van der Waals surface area contributed by atoms with E-state index < -0.39 is 0 Å². The molecule has 1 aliphatic rings. The van der Waals surface area contributed by atoms with Crippen LogP contribution in [-0.4, -0.2) is 44.9 Å². The van der Waals surface area contributed by atoms with E-state index in [0.717, 1.165) is 31.5 Å². The van der Waals surface area contributed by atoms with Crippen LogP contribution in [0.25, 0.3) is 0 Å². The second-order valence-electron chi connectivity index (χ2n) is 6.53. The Morgan fingerprint density at radius 1 is 1.36 bits per heavy atom. The lowest BCUT2D eigenvalue weighted by Gasteiger charge is -2.32. The first-order valence-corrected chi connectivity index (χ1v) is 8.75. The molecule has 1 N–H and O–H groups in total. The standard InChI is InChI=1S/C18H25N5O2/c1-14(2)25-17-12-15(4-8-19-17)13-20-18(24)22-10-5-16(6-11-22)23-9-3-7-21-23/h3-4,7-9,12,14,16H,5-6,10-11,13H2,1-2H3,(H,20,24). The third kappa shape index (κ3) is 4.71. The highest BCUT2D eigenvalue weighted by atomic mass is 16.5. The Morgan fingerprint density at radius 2 is 2.16 bits per heavy atom. The fourth-order valence-corrected chi connectivity index (χ4v) is 2.99. The zero-order valence-corrected chi connectivity index (χ0v) is 14.8. The van der Waals surface area contributed by atoms with Gasteiger partial charge in [-0.2, -0.15) is 5.10 Å². The van der Waals surface area contributed by atoms with Crippen LogP contribution in [0.4, 0.5) is 4.79 Å². The maximum absolute atomic E-state index is 12.4. The van der Waals surface area contributed by atoms with Crippen molar-refractivity contribution in [2.24, 2.45) is 0 Å². The Labute approximate surface area is 148 Å². The highest BCUT2D eigenvalue weighted by Gasteiger charge is 2.23. The number of carbonyl (C=O) groups is 1. The molecule has 2 aromatic heterocycles. The average Bonchev–Trinajstić information content (AvgIpc) is 3.14. The molecule has 0 radical (unpaired) electrons. The second-order valence-corrected chi connectivity index (χ2v) is 6.53. The van der Waals surface area contributed by atoms with Crippen LogP contribution in [0.15, 0.2) is 36.8 Å². The quantitative estimate of drug-likeness (QED) is 0.906. The molecule has 3 rings (SSSR count). The smallest absolute Gasteiger partial charge is 0.317 e. The molecule has 1 aliphatic heterocycles. The van der Waals surface area contributed by atoms with Gasteiger partial charge in [0.25, 0.3) is 0 Å². The van der Waals surface area contributed by atoms with E-state index in [2.05, 4.69) is 15.4 Å². The Hall–Kier alpha value is -2.57. The minimum atomic E-state index is -0.0259. The molecule has 3 heterocycles. The van der Waals surface area contributed by atoms with Crippen molar-refractivity contribution in [1.29, 1.82) is 0 Å². The third-order valence-electron chi connectivity index (χ3n) is 4.25. The molecule has 7 heteroatoms. The van der Waals surface area contributed by atoms with E-state index in [1.807, 2.05) is 47.8 Å². The molecule has 1 fully saturated rings. The van der Waals surface area contributed by atoms with Crippen molar-refractivity contribution in [3.8, 4) is 5.88 Å². The zero-order chi connectivity index (χ0) is 17.6. The summed E-state index contributed by atoms with van der Waals surface area (Å²) in [6, 6.07) is 6.05. The van der Waals surface area contributed by atoms with Crippen LogP contribution in [0.3, 0.4) is 0 Å². The first kappa shape index (κ1) is 17.3. The molecule has 0 spiro atoms. The Bertz CT molecular complexity index is 679. The lowest BCUT2D eigenvalue weighted by Crippen LogP contribution is -2.44. The molecule has 25 heavy (non-hydrogen) atoms. The van der Waals surface area contributed by atoms with E-state index in [0.29, 0.717) is 18.5 Å². The summed E-state index contributed by atoms with van der Waals surface area (Å²) in [6.45, 7) is 5.88. The number of rotatable bonds is 5. The maximum Gasteiger partial charge on any atom is 0.317 e. The Kier molecular flexibility index (Phi) is 5.53. The number of nitrogens with one attached hydrogen (secondary N) is 1. The van der Waals surface area contributed by atoms with Crippen LogP contribution in [0.2, 0.25) is 0 Å². The topological polar surface area (TPSA) is 72.3 Å². The minimum Gasteiger partial charge on any atom is -0.475 e. The number of urea groups is 1. The molecule has 0 unspecified atom stereocenters. The zero-order valence-electron chi connectivity index (χ0n) is 14.8. The largest absolute Gasteiger partial charge is 0.475 e. The van der Waals surface area contributed by atoms with Crippen LogP contribution in [0, 0.1) is 0 Å². The SMILES string of the molecule is CC(C)Oc1cc(CNC(=O)N2CCC(n3cccn3)CC2)ccn1. The summed E-state index contributed by atoms with van der Waals surface area (Å²) in [7, 11) is 0. The molecular weight excluding hydrogens is 318 g/mol. The molecular formula is C18H25N5O2. The molecule has 0 aromatic carbocycles. The van der Waals surface area contributed by atoms with Gasteiger partial charge in [0.1, 0.15) is 0 Å². The van der Waals surface area contributed by atoms with Crippen LogP contribution >= 0.6 is 0 Å². The van der Waals surface area contributed by atoms with Gasteiger partial charge in [0.05, 0.1) is 12.1 Å². The number of carbonyl (C=O) groups excluding carboxylic acids is 1. The summed E-state index contributed by atoms with van der Waals surface area (Å²) in [6.07, 6.45) is 7.42. The van der Waals surface area contributed by atoms with E-state index in [4.69, 9.17) is 4.74 Å². The van der Waals surface area contributed by atoms with Gasteiger partial charge in [0.2, 0.25) is 5.88 Å². The van der Waals surface area contributed by atoms with E-state index >= 15 is 0 Å². The summed E-state index contributed by atoms with van der Waals surface area (Å²) in [5.74, 6) is 0.585. The molecule has 0 saturated carbocycles. The van der Waals surface area contributed by atoms with Gasteiger partial charge in [0, 0.05) is 44.3 Å². The molecule has 0 aliphatic carbocycles. The van der Waals surface area contributed by atoms with Crippen LogP contribution in [0.1, 0.15) is 38.3 Å². The van der Waals surface area contributed by atoms with Crippen molar-refractivity contribution in [3.05, 3.63) is 42.4 Å². The van der Waals surface area contributed by atoms with Crippen molar-refractivity contribution in [3.63, 3.8) is 0 Å². The molecule has 7 nitrogen and oxygen atoms in total. The highest BCUT2D eigenvalue weighted by Crippen LogP contribution is 2.21. The van der Waals surface area contributed by atoms with Crippen molar-refractivity contribution in [2.75, 3.05) is 13.1 Å². The Morgan fingerprint density at radius 3 is 2.84 bits per heavy atom. The first-order valence-electron chi connectivity index (χ1n) is 8.75. The number of hydrogen-bond donors (Lipinski definition) is 1. The van der Waals surface area contributed by atoms with E-state index in [1.54, 1.807) is 12.4 Å². The van der Waals surface area contributed by atoms with Gasteiger partial charge in [-0.05, 0) is 44.4 Å². The highest BCUT2D eigenvalue weighted by molar-refractivity contribution is 5.74. The first-order chi connectivity index (χ1) is 12.1. The molecule has 1 saturated heterocycles. The summed E-state index contributed by atoms with van der Waals surface area (Å²) in [4.78, 5) is 18.4. The number of aromatic nitrogens is 3. The van der Waals surface area contributed by atoms with Gasteiger partial charge < -0.3 is 15.0 Å². The monoisotopic (exact) mass is 343 g/mol. The molecule has 2 aromatic rings. The van der Waals surface area contributed by atoms with Gasteiger partial charge >= 0.3 is 6.03 Å². The van der Waals surface area contributed by atoms with Crippen LogP contribution < -0.4 is 10.1 Å². The minimum absolute atomic E-state index is 0.0259. The number of piperidine rings is 1. The van der Waals surface area contributed by atoms with Gasteiger partial charge in [-0.3, -0.25) is 4.68 Å². The summed E-state index contributed by atoms with van der Waals surface area (Å²) < 4.78 is 7.57. The number of pyridine rings is 1. The third-order valence-corrected chi connectivity index (χ3v) is 4.25. The molecule has 134 valence electrons.